The normalized spacial score (nSPS) is 10.3. The Bertz CT molecular complexity index is 297. The summed E-state index contributed by atoms with van der Waals surface area (Å²) in [6, 6.07) is 6.03. The largest absolute Gasteiger partial charge is 0.496 e. The number of aliphatic hydroxyl groups excluding tert-OH is 1. The van der Waals surface area contributed by atoms with Crippen molar-refractivity contribution in [3.63, 3.8) is 0 Å². The van der Waals surface area contributed by atoms with E-state index in [1.807, 2.05) is 12.1 Å². The summed E-state index contributed by atoms with van der Waals surface area (Å²) in [6.07, 6.45) is 1.68. The van der Waals surface area contributed by atoms with Crippen LogP contribution >= 0.6 is 0 Å². The van der Waals surface area contributed by atoms with Crippen LogP contribution in [0.3, 0.4) is 0 Å². The first-order valence-electron chi connectivity index (χ1n) is 5.07. The Labute approximate surface area is 90.6 Å². The summed E-state index contributed by atoms with van der Waals surface area (Å²) in [5.74, 6) is 0.851. The van der Waals surface area contributed by atoms with Gasteiger partial charge in [-0.1, -0.05) is 6.07 Å². The molecule has 1 rings (SSSR count). The van der Waals surface area contributed by atoms with Gasteiger partial charge in [0, 0.05) is 19.3 Å². The monoisotopic (exact) mass is 210 g/mol. The molecule has 0 aliphatic rings. The van der Waals surface area contributed by atoms with Gasteiger partial charge in [0.05, 0.1) is 13.7 Å². The van der Waals surface area contributed by atoms with E-state index in [-0.39, 0.29) is 6.61 Å². The highest BCUT2D eigenvalue weighted by atomic mass is 16.5. The third-order valence-electron chi connectivity index (χ3n) is 2.27. The number of aliphatic hydroxyl groups is 1. The van der Waals surface area contributed by atoms with Gasteiger partial charge in [0.15, 0.2) is 0 Å². The molecule has 0 atom stereocenters. The fourth-order valence-corrected chi connectivity index (χ4v) is 1.54. The van der Waals surface area contributed by atoms with E-state index in [2.05, 4.69) is 6.07 Å². The van der Waals surface area contributed by atoms with Gasteiger partial charge in [-0.25, -0.2) is 0 Å². The Morgan fingerprint density at radius 1 is 1.27 bits per heavy atom. The zero-order valence-corrected chi connectivity index (χ0v) is 9.32. The first-order chi connectivity index (χ1) is 7.31. The summed E-state index contributed by atoms with van der Waals surface area (Å²) in [5.41, 5.74) is 2.26. The molecular formula is C12H18O3. The van der Waals surface area contributed by atoms with Gasteiger partial charge < -0.3 is 14.6 Å². The molecular weight excluding hydrogens is 192 g/mol. The number of rotatable bonds is 6. The molecule has 0 fully saturated rings. The molecule has 0 spiro atoms. The topological polar surface area (TPSA) is 38.7 Å². The van der Waals surface area contributed by atoms with Crippen molar-refractivity contribution in [2.75, 3.05) is 20.8 Å². The van der Waals surface area contributed by atoms with Gasteiger partial charge in [-0.3, -0.25) is 0 Å². The van der Waals surface area contributed by atoms with Crippen molar-refractivity contribution < 1.29 is 14.6 Å². The molecule has 3 nitrogen and oxygen atoms in total. The summed E-state index contributed by atoms with van der Waals surface area (Å²) < 4.78 is 10.3. The second-order valence-corrected chi connectivity index (χ2v) is 3.41. The average Bonchev–Trinajstić information content (AvgIpc) is 2.27. The Kier molecular flexibility index (Phi) is 5.15. The van der Waals surface area contributed by atoms with Gasteiger partial charge in [0.25, 0.3) is 0 Å². The van der Waals surface area contributed by atoms with Gasteiger partial charge >= 0.3 is 0 Å². The minimum Gasteiger partial charge on any atom is -0.496 e. The first kappa shape index (κ1) is 12.0. The maximum atomic E-state index is 8.75. The maximum Gasteiger partial charge on any atom is 0.124 e. The van der Waals surface area contributed by atoms with Gasteiger partial charge in [-0.05, 0) is 30.5 Å². The number of ether oxygens (including phenoxy) is 2. The summed E-state index contributed by atoms with van der Waals surface area (Å²) >= 11 is 0. The molecule has 3 heteroatoms. The van der Waals surface area contributed by atoms with Gasteiger partial charge in [0.2, 0.25) is 0 Å². The standard InChI is InChI=1S/C12H18O3/c1-14-9-11-8-10(4-3-7-13)5-6-12(11)15-2/h5-6,8,13H,3-4,7,9H2,1-2H3. The molecule has 1 aromatic rings. The van der Waals surface area contributed by atoms with Crippen LogP contribution in [0, 0.1) is 0 Å². The number of hydrogen-bond donors (Lipinski definition) is 1. The maximum absolute atomic E-state index is 8.75. The second kappa shape index (κ2) is 6.43. The molecule has 0 aliphatic heterocycles. The van der Waals surface area contributed by atoms with Crippen LogP contribution in [0.15, 0.2) is 18.2 Å². The van der Waals surface area contributed by atoms with E-state index in [0.29, 0.717) is 6.61 Å². The lowest BCUT2D eigenvalue weighted by Gasteiger charge is -2.09. The third kappa shape index (κ3) is 3.53. The quantitative estimate of drug-likeness (QED) is 0.777. The Balaban J connectivity index is 2.79. The highest BCUT2D eigenvalue weighted by Gasteiger charge is 2.03. The molecule has 0 saturated carbocycles. The molecule has 0 saturated heterocycles. The van der Waals surface area contributed by atoms with Gasteiger partial charge in [-0.2, -0.15) is 0 Å². The van der Waals surface area contributed by atoms with E-state index in [0.717, 1.165) is 24.2 Å². The zero-order valence-electron chi connectivity index (χ0n) is 9.32. The van der Waals surface area contributed by atoms with Crippen LogP contribution in [-0.2, 0) is 17.8 Å². The van der Waals surface area contributed by atoms with Crippen LogP contribution in [0.25, 0.3) is 0 Å². The summed E-state index contributed by atoms with van der Waals surface area (Å²) in [7, 11) is 3.32. The molecule has 0 amide bonds. The number of aryl methyl sites for hydroxylation is 1. The third-order valence-corrected chi connectivity index (χ3v) is 2.27. The minimum atomic E-state index is 0.228. The van der Waals surface area contributed by atoms with E-state index in [4.69, 9.17) is 14.6 Å². The minimum absolute atomic E-state index is 0.228. The lowest BCUT2D eigenvalue weighted by Crippen LogP contribution is -1.97. The van der Waals surface area contributed by atoms with Crippen LogP contribution in [-0.4, -0.2) is 25.9 Å². The van der Waals surface area contributed by atoms with Crippen molar-refractivity contribution in [2.45, 2.75) is 19.4 Å². The van der Waals surface area contributed by atoms with Gasteiger partial charge in [-0.15, -0.1) is 0 Å². The predicted octanol–water partition coefficient (Wildman–Crippen LogP) is 1.77. The fourth-order valence-electron chi connectivity index (χ4n) is 1.54. The molecule has 1 N–H and O–H groups in total. The molecule has 1 aromatic carbocycles. The summed E-state index contributed by atoms with van der Waals surface area (Å²) in [5, 5.41) is 8.75. The van der Waals surface area contributed by atoms with Crippen LogP contribution in [0.2, 0.25) is 0 Å². The smallest absolute Gasteiger partial charge is 0.124 e. The molecule has 0 unspecified atom stereocenters. The molecule has 15 heavy (non-hydrogen) atoms. The number of benzene rings is 1. The van der Waals surface area contributed by atoms with Crippen molar-refractivity contribution in [1.82, 2.24) is 0 Å². The molecule has 0 aliphatic carbocycles. The van der Waals surface area contributed by atoms with Crippen molar-refractivity contribution in [1.29, 1.82) is 0 Å². The molecule has 0 bridgehead atoms. The lowest BCUT2D eigenvalue weighted by atomic mass is 10.1. The van der Waals surface area contributed by atoms with Crippen LogP contribution < -0.4 is 4.74 Å². The summed E-state index contributed by atoms with van der Waals surface area (Å²) in [6.45, 7) is 0.780. The first-order valence-corrected chi connectivity index (χ1v) is 5.07. The van der Waals surface area contributed by atoms with E-state index in [1.165, 1.54) is 5.56 Å². The lowest BCUT2D eigenvalue weighted by molar-refractivity contribution is 0.181. The predicted molar refractivity (Wildman–Crippen MR) is 59.1 cm³/mol. The molecule has 0 aromatic heterocycles. The number of methoxy groups -OCH3 is 2. The van der Waals surface area contributed by atoms with E-state index < -0.39 is 0 Å². The average molecular weight is 210 g/mol. The van der Waals surface area contributed by atoms with Crippen molar-refractivity contribution in [2.24, 2.45) is 0 Å². The molecule has 84 valence electrons. The molecule has 0 heterocycles. The summed E-state index contributed by atoms with van der Waals surface area (Å²) in [4.78, 5) is 0. The highest BCUT2D eigenvalue weighted by molar-refractivity contribution is 5.36. The van der Waals surface area contributed by atoms with E-state index in [1.54, 1.807) is 14.2 Å². The Hall–Kier alpha value is -1.06. The van der Waals surface area contributed by atoms with Crippen LogP contribution in [0.4, 0.5) is 0 Å². The molecule has 0 radical (unpaired) electrons. The van der Waals surface area contributed by atoms with Crippen molar-refractivity contribution in [3.8, 4) is 5.75 Å². The van der Waals surface area contributed by atoms with Gasteiger partial charge in [0.1, 0.15) is 5.75 Å². The van der Waals surface area contributed by atoms with Crippen LogP contribution in [0.1, 0.15) is 17.5 Å². The Morgan fingerprint density at radius 3 is 2.67 bits per heavy atom. The zero-order chi connectivity index (χ0) is 11.1. The van der Waals surface area contributed by atoms with E-state index >= 15 is 0 Å². The number of hydrogen-bond acceptors (Lipinski definition) is 3. The van der Waals surface area contributed by atoms with Crippen molar-refractivity contribution in [3.05, 3.63) is 29.3 Å². The SMILES string of the molecule is COCc1cc(CCCO)ccc1OC. The van der Waals surface area contributed by atoms with E-state index in [9.17, 15) is 0 Å². The second-order valence-electron chi connectivity index (χ2n) is 3.41. The highest BCUT2D eigenvalue weighted by Crippen LogP contribution is 2.21. The fraction of sp³-hybridized carbons (Fsp3) is 0.500. The Morgan fingerprint density at radius 2 is 2.07 bits per heavy atom. The van der Waals surface area contributed by atoms with Crippen LogP contribution in [0.5, 0.6) is 5.75 Å². The van der Waals surface area contributed by atoms with Crippen molar-refractivity contribution >= 4 is 0 Å².